The molecule has 0 saturated heterocycles. The highest BCUT2D eigenvalue weighted by atomic mass is 35.5. The molecule has 2 atom stereocenters. The Morgan fingerprint density at radius 1 is 0.733 bits per heavy atom. The zero-order valence-electron chi connectivity index (χ0n) is 17.6. The van der Waals surface area contributed by atoms with E-state index in [9.17, 15) is 9.59 Å². The summed E-state index contributed by atoms with van der Waals surface area (Å²) < 4.78 is 0. The Hall–Kier alpha value is -1.90. The Kier molecular flexibility index (Phi) is 7.91. The van der Waals surface area contributed by atoms with Crippen molar-refractivity contribution in [3.63, 3.8) is 0 Å². The zero-order valence-corrected chi connectivity index (χ0v) is 19.1. The second-order valence-corrected chi connectivity index (χ2v) is 9.08. The fourth-order valence-corrected chi connectivity index (χ4v) is 4.71. The molecule has 0 spiro atoms. The van der Waals surface area contributed by atoms with Crippen LogP contribution in [0.15, 0.2) is 48.5 Å². The Bertz CT molecular complexity index is 972. The van der Waals surface area contributed by atoms with Gasteiger partial charge in [-0.15, -0.1) is 23.2 Å². The van der Waals surface area contributed by atoms with Crippen LogP contribution in [-0.2, 0) is 0 Å². The number of fused-ring (bicyclic) bond motifs is 2. The van der Waals surface area contributed by atoms with Gasteiger partial charge < -0.3 is 0 Å². The molecular weight excluding hydrogens is 415 g/mol. The van der Waals surface area contributed by atoms with Crippen LogP contribution in [0.3, 0.4) is 0 Å². The normalized spacial score (nSPS) is 13.5. The van der Waals surface area contributed by atoms with E-state index in [-0.39, 0.29) is 23.4 Å². The Balaban J connectivity index is 2.01. The molecule has 0 radical (unpaired) electrons. The topological polar surface area (TPSA) is 34.1 Å². The Morgan fingerprint density at radius 2 is 1.13 bits per heavy atom. The molecule has 0 fully saturated rings. The number of benzene rings is 3. The average molecular weight is 443 g/mol. The summed E-state index contributed by atoms with van der Waals surface area (Å²) in [5.41, 5.74) is 1.48. The van der Waals surface area contributed by atoms with Crippen LogP contribution < -0.4 is 0 Å². The Morgan fingerprint density at radius 3 is 1.50 bits per heavy atom. The minimum Gasteiger partial charge on any atom is -0.294 e. The summed E-state index contributed by atoms with van der Waals surface area (Å²) in [6.07, 6.45) is 2.63. The van der Waals surface area contributed by atoms with Crippen LogP contribution in [0.2, 0.25) is 0 Å². The van der Waals surface area contributed by atoms with Gasteiger partial charge in [0, 0.05) is 35.7 Å². The van der Waals surface area contributed by atoms with E-state index < -0.39 is 0 Å². The van der Waals surface area contributed by atoms with Crippen LogP contribution in [0.25, 0.3) is 21.5 Å². The quantitative estimate of drug-likeness (QED) is 0.183. The van der Waals surface area contributed by atoms with Crippen molar-refractivity contribution in [2.24, 2.45) is 11.8 Å². The number of Topliss-reactive ketones (excluding diaryl/α,β-unsaturated/α-hetero) is 2. The van der Waals surface area contributed by atoms with E-state index in [0.29, 0.717) is 24.6 Å². The molecular formula is C26H28Cl2O2. The molecule has 0 N–H and O–H groups in total. The van der Waals surface area contributed by atoms with Crippen LogP contribution in [0.1, 0.15) is 60.2 Å². The molecule has 158 valence electrons. The van der Waals surface area contributed by atoms with Gasteiger partial charge in [-0.3, -0.25) is 9.59 Å². The molecule has 0 aliphatic carbocycles. The highest BCUT2D eigenvalue weighted by molar-refractivity contribution is 6.18. The minimum atomic E-state index is 0.139. The van der Waals surface area contributed by atoms with Gasteiger partial charge >= 0.3 is 0 Å². The number of hydrogen-bond acceptors (Lipinski definition) is 2. The first-order valence-electron chi connectivity index (χ1n) is 10.6. The highest BCUT2D eigenvalue weighted by Crippen LogP contribution is 2.30. The zero-order chi connectivity index (χ0) is 21.7. The van der Waals surface area contributed by atoms with Crippen LogP contribution >= 0.6 is 23.2 Å². The van der Waals surface area contributed by atoms with E-state index in [1.807, 2.05) is 48.5 Å². The van der Waals surface area contributed by atoms with E-state index in [0.717, 1.165) is 45.5 Å². The number of alkyl halides is 2. The van der Waals surface area contributed by atoms with Crippen molar-refractivity contribution in [1.29, 1.82) is 0 Å². The van der Waals surface area contributed by atoms with Gasteiger partial charge in [0.1, 0.15) is 0 Å². The third-order valence-electron chi connectivity index (χ3n) is 5.75. The summed E-state index contributed by atoms with van der Waals surface area (Å²) >= 11 is 11.7. The van der Waals surface area contributed by atoms with Gasteiger partial charge in [-0.1, -0.05) is 50.2 Å². The van der Waals surface area contributed by atoms with Crippen molar-refractivity contribution >= 4 is 56.3 Å². The summed E-state index contributed by atoms with van der Waals surface area (Å²) in [4.78, 5) is 25.9. The number of rotatable bonds is 10. The fraction of sp³-hybridized carbons (Fsp3) is 0.385. The molecule has 2 unspecified atom stereocenters. The number of ketones is 2. The van der Waals surface area contributed by atoms with Gasteiger partial charge in [-0.05, 0) is 58.4 Å². The van der Waals surface area contributed by atoms with Gasteiger partial charge in [0.05, 0.1) is 0 Å². The van der Waals surface area contributed by atoms with E-state index in [1.54, 1.807) is 0 Å². The van der Waals surface area contributed by atoms with Gasteiger partial charge in [0.25, 0.3) is 0 Å². The molecule has 30 heavy (non-hydrogen) atoms. The molecule has 0 amide bonds. The molecule has 0 heterocycles. The molecule has 0 aromatic heterocycles. The van der Waals surface area contributed by atoms with E-state index in [2.05, 4.69) is 13.8 Å². The van der Waals surface area contributed by atoms with E-state index >= 15 is 0 Å². The second-order valence-electron chi connectivity index (χ2n) is 8.33. The molecule has 0 bridgehead atoms. The maximum Gasteiger partial charge on any atom is 0.163 e. The van der Waals surface area contributed by atoms with E-state index in [1.165, 1.54) is 0 Å². The summed E-state index contributed by atoms with van der Waals surface area (Å²) in [6, 6.07) is 15.7. The maximum absolute atomic E-state index is 12.9. The monoisotopic (exact) mass is 442 g/mol. The lowest BCUT2D eigenvalue weighted by Crippen LogP contribution is -2.08. The highest BCUT2D eigenvalue weighted by Gasteiger charge is 2.17. The molecule has 3 rings (SSSR count). The SMILES string of the molecule is CC(CCCl)CC(=O)c1cccc2cc3c(C(=O)CC(C)CCCl)cccc3cc12. The van der Waals surface area contributed by atoms with Crippen molar-refractivity contribution in [3.05, 3.63) is 59.7 Å². The summed E-state index contributed by atoms with van der Waals surface area (Å²) in [7, 11) is 0. The predicted molar refractivity (Wildman–Crippen MR) is 128 cm³/mol. The lowest BCUT2D eigenvalue weighted by molar-refractivity contribution is 0.0957. The van der Waals surface area contributed by atoms with Gasteiger partial charge in [0.15, 0.2) is 11.6 Å². The maximum atomic E-state index is 12.9. The van der Waals surface area contributed by atoms with Crippen LogP contribution in [0, 0.1) is 11.8 Å². The average Bonchev–Trinajstić information content (AvgIpc) is 2.71. The standard InChI is InChI=1S/C26H28Cl2O2/c1-17(9-11-27)13-25(29)21-7-3-5-19-16-24-20(15-23(19)21)6-4-8-22(24)26(30)14-18(2)10-12-28/h3-8,15-18H,9-14H2,1-2H3. The number of halogens is 2. The minimum absolute atomic E-state index is 0.139. The first-order valence-corrected chi connectivity index (χ1v) is 11.6. The molecule has 0 saturated carbocycles. The van der Waals surface area contributed by atoms with Gasteiger partial charge in [0.2, 0.25) is 0 Å². The van der Waals surface area contributed by atoms with Crippen molar-refractivity contribution in [2.75, 3.05) is 11.8 Å². The molecule has 4 heteroatoms. The largest absolute Gasteiger partial charge is 0.294 e. The molecule has 0 aliphatic rings. The lowest BCUT2D eigenvalue weighted by atomic mass is 9.90. The fourth-order valence-electron chi connectivity index (χ4n) is 3.97. The van der Waals surface area contributed by atoms with Crippen LogP contribution in [0.4, 0.5) is 0 Å². The van der Waals surface area contributed by atoms with Crippen LogP contribution in [0.5, 0.6) is 0 Å². The van der Waals surface area contributed by atoms with Crippen LogP contribution in [-0.4, -0.2) is 23.3 Å². The third-order valence-corrected chi connectivity index (χ3v) is 6.19. The first-order chi connectivity index (χ1) is 14.4. The number of hydrogen-bond donors (Lipinski definition) is 0. The number of carbonyl (C=O) groups excluding carboxylic acids is 2. The summed E-state index contributed by atoms with van der Waals surface area (Å²) in [5, 5.41) is 3.83. The predicted octanol–water partition coefficient (Wildman–Crippen LogP) is 7.67. The molecule has 3 aromatic carbocycles. The van der Waals surface area contributed by atoms with Crippen molar-refractivity contribution in [1.82, 2.24) is 0 Å². The number of carbonyl (C=O) groups is 2. The van der Waals surface area contributed by atoms with Crippen molar-refractivity contribution in [2.45, 2.75) is 39.5 Å². The summed E-state index contributed by atoms with van der Waals surface area (Å²) in [6.45, 7) is 4.12. The first kappa shape index (κ1) is 22.8. The Labute approximate surface area is 188 Å². The molecule has 0 aliphatic heterocycles. The van der Waals surface area contributed by atoms with Gasteiger partial charge in [-0.25, -0.2) is 0 Å². The van der Waals surface area contributed by atoms with E-state index in [4.69, 9.17) is 23.2 Å². The third kappa shape index (κ3) is 5.22. The molecule has 3 aromatic rings. The van der Waals surface area contributed by atoms with Gasteiger partial charge in [-0.2, -0.15) is 0 Å². The second kappa shape index (κ2) is 10.4. The smallest absolute Gasteiger partial charge is 0.163 e. The lowest BCUT2D eigenvalue weighted by Gasteiger charge is -2.13. The molecule has 2 nitrogen and oxygen atoms in total. The summed E-state index contributed by atoms with van der Waals surface area (Å²) in [5.74, 6) is 1.92. The van der Waals surface area contributed by atoms with Crippen molar-refractivity contribution in [3.8, 4) is 0 Å². The van der Waals surface area contributed by atoms with Crippen molar-refractivity contribution < 1.29 is 9.59 Å².